The molecule has 0 unspecified atom stereocenters. The molecule has 0 aliphatic heterocycles. The first-order valence-corrected chi connectivity index (χ1v) is 19.8. The standard InChI is InChI=1S/C45H45ClSi/c1-31-22-40(25-37-16-10-7-11-17-37)28-43(34(31)4)47(46,44-29-41(23-32(2)35(44)5)26-38-18-12-8-13-19-38)45-30-42(24-33(3)36(45)6)27-39-20-14-9-15-21-39/h7-24,28-30H,25-27H2,1-6H3. The van der Waals surface area contributed by atoms with E-state index in [1.54, 1.807) is 0 Å². The zero-order valence-corrected chi connectivity index (χ0v) is 30.4. The smallest absolute Gasteiger partial charge is 0.149 e. The molecule has 0 fully saturated rings. The quantitative estimate of drug-likeness (QED) is 0.0832. The van der Waals surface area contributed by atoms with Crippen LogP contribution in [0.25, 0.3) is 0 Å². The first-order chi connectivity index (χ1) is 22.6. The summed E-state index contributed by atoms with van der Waals surface area (Å²) in [5.74, 6) is 0. The molecule has 0 saturated carbocycles. The van der Waals surface area contributed by atoms with Crippen molar-refractivity contribution in [1.82, 2.24) is 0 Å². The summed E-state index contributed by atoms with van der Waals surface area (Å²) in [6, 6.07) is 46.9. The van der Waals surface area contributed by atoms with Crippen LogP contribution in [0.3, 0.4) is 0 Å². The molecule has 0 atom stereocenters. The fourth-order valence-corrected chi connectivity index (χ4v) is 13.0. The van der Waals surface area contributed by atoms with Crippen molar-refractivity contribution in [2.45, 2.75) is 60.8 Å². The van der Waals surface area contributed by atoms with Crippen LogP contribution in [0.4, 0.5) is 0 Å². The second-order valence-corrected chi connectivity index (χ2v) is 18.0. The van der Waals surface area contributed by atoms with Gasteiger partial charge in [0.05, 0.1) is 0 Å². The highest BCUT2D eigenvalue weighted by atomic mass is 35.6. The molecule has 6 aromatic rings. The summed E-state index contributed by atoms with van der Waals surface area (Å²) in [7, 11) is -3.08. The molecule has 0 N–H and O–H groups in total. The summed E-state index contributed by atoms with van der Waals surface area (Å²) in [5.41, 5.74) is 15.7. The molecular weight excluding hydrogens is 604 g/mol. The van der Waals surface area contributed by atoms with E-state index >= 15 is 0 Å². The van der Waals surface area contributed by atoms with Crippen molar-refractivity contribution in [3.05, 3.63) is 194 Å². The van der Waals surface area contributed by atoms with Gasteiger partial charge < -0.3 is 0 Å². The third-order valence-corrected chi connectivity index (χ3v) is 15.7. The van der Waals surface area contributed by atoms with Crippen LogP contribution in [0.15, 0.2) is 127 Å². The van der Waals surface area contributed by atoms with E-state index < -0.39 is 7.38 Å². The first kappa shape index (κ1) is 32.8. The van der Waals surface area contributed by atoms with E-state index in [1.807, 2.05) is 0 Å². The minimum Gasteiger partial charge on any atom is -0.149 e. The van der Waals surface area contributed by atoms with Gasteiger partial charge in [0.15, 0.2) is 0 Å². The maximum Gasteiger partial charge on any atom is 0.248 e. The van der Waals surface area contributed by atoms with Crippen molar-refractivity contribution in [3.63, 3.8) is 0 Å². The van der Waals surface area contributed by atoms with Gasteiger partial charge in [0.25, 0.3) is 0 Å². The van der Waals surface area contributed by atoms with Crippen LogP contribution >= 0.6 is 11.1 Å². The minimum absolute atomic E-state index is 0.883. The molecule has 0 saturated heterocycles. The Hall–Kier alpha value is -4.17. The molecule has 0 aliphatic rings. The molecule has 0 heterocycles. The van der Waals surface area contributed by atoms with Crippen molar-refractivity contribution in [1.29, 1.82) is 0 Å². The third-order valence-electron chi connectivity index (χ3n) is 10.0. The maximum atomic E-state index is 8.61. The Bertz CT molecular complexity index is 1780. The van der Waals surface area contributed by atoms with E-state index in [9.17, 15) is 0 Å². The van der Waals surface area contributed by atoms with Crippen molar-refractivity contribution in [3.8, 4) is 0 Å². The Morgan fingerprint density at radius 3 is 0.872 bits per heavy atom. The van der Waals surface area contributed by atoms with Gasteiger partial charge in [-0.25, -0.2) is 0 Å². The SMILES string of the molecule is Cc1cc(Cc2ccccc2)cc([Si](Cl)(c2cc(Cc3ccccc3)cc(C)c2C)c2cc(Cc3ccccc3)cc(C)c2C)c1C. The minimum atomic E-state index is -3.08. The predicted molar refractivity (Wildman–Crippen MR) is 206 cm³/mol. The van der Waals surface area contributed by atoms with E-state index in [0.29, 0.717) is 0 Å². The molecule has 0 aliphatic carbocycles. The molecule has 2 heteroatoms. The number of rotatable bonds is 9. The van der Waals surface area contributed by atoms with Crippen LogP contribution in [0.1, 0.15) is 66.8 Å². The van der Waals surface area contributed by atoms with Crippen LogP contribution in [-0.2, 0) is 19.3 Å². The van der Waals surface area contributed by atoms with Gasteiger partial charge in [-0.15, -0.1) is 11.1 Å². The number of hydrogen-bond acceptors (Lipinski definition) is 0. The van der Waals surface area contributed by atoms with E-state index in [-0.39, 0.29) is 0 Å². The monoisotopic (exact) mass is 648 g/mol. The van der Waals surface area contributed by atoms with Gasteiger partial charge >= 0.3 is 0 Å². The average molecular weight is 649 g/mol. The van der Waals surface area contributed by atoms with Crippen molar-refractivity contribution in [2.24, 2.45) is 0 Å². The van der Waals surface area contributed by atoms with Gasteiger partial charge in [0.1, 0.15) is 0 Å². The normalized spacial score (nSPS) is 11.6. The topological polar surface area (TPSA) is 0 Å². The van der Waals surface area contributed by atoms with Crippen LogP contribution < -0.4 is 15.6 Å². The summed E-state index contributed by atoms with van der Waals surface area (Å²) in [4.78, 5) is 0. The summed E-state index contributed by atoms with van der Waals surface area (Å²) in [6.07, 6.45) is 2.65. The Labute approximate surface area is 287 Å². The van der Waals surface area contributed by atoms with Crippen molar-refractivity contribution >= 4 is 34.0 Å². The number of aryl methyl sites for hydroxylation is 3. The van der Waals surface area contributed by atoms with Gasteiger partial charge in [-0.05, 0) is 143 Å². The Balaban J connectivity index is 1.61. The maximum absolute atomic E-state index is 8.61. The fraction of sp³-hybridized carbons (Fsp3) is 0.200. The third kappa shape index (κ3) is 6.93. The second-order valence-electron chi connectivity index (χ2n) is 13.4. The number of halogens is 1. The van der Waals surface area contributed by atoms with Crippen LogP contribution in [-0.4, -0.2) is 7.38 Å². The van der Waals surface area contributed by atoms with E-state index in [1.165, 1.54) is 82.3 Å². The lowest BCUT2D eigenvalue weighted by Crippen LogP contribution is -2.65. The van der Waals surface area contributed by atoms with Crippen LogP contribution in [0.2, 0.25) is 0 Å². The predicted octanol–water partition coefficient (Wildman–Crippen LogP) is 9.52. The molecule has 6 aromatic carbocycles. The second kappa shape index (κ2) is 13.9. The van der Waals surface area contributed by atoms with Gasteiger partial charge in [0.2, 0.25) is 7.38 Å². The zero-order valence-electron chi connectivity index (χ0n) is 28.6. The highest BCUT2D eigenvalue weighted by molar-refractivity contribution is 7.40. The zero-order chi connectivity index (χ0) is 33.1. The lowest BCUT2D eigenvalue weighted by atomic mass is 10.00. The van der Waals surface area contributed by atoms with Crippen molar-refractivity contribution in [2.75, 3.05) is 0 Å². The summed E-state index contributed by atoms with van der Waals surface area (Å²) >= 11 is 8.61. The van der Waals surface area contributed by atoms with E-state index in [2.05, 4.69) is 169 Å². The molecule has 0 amide bonds. The van der Waals surface area contributed by atoms with Crippen LogP contribution in [0.5, 0.6) is 0 Å². The van der Waals surface area contributed by atoms with Crippen molar-refractivity contribution < 1.29 is 0 Å². The summed E-state index contributed by atoms with van der Waals surface area (Å²) in [6.45, 7) is 13.6. The average Bonchev–Trinajstić information content (AvgIpc) is 3.07. The van der Waals surface area contributed by atoms with E-state index in [4.69, 9.17) is 11.1 Å². The largest absolute Gasteiger partial charge is 0.248 e. The van der Waals surface area contributed by atoms with Gasteiger partial charge in [-0.1, -0.05) is 127 Å². The molecule has 0 nitrogen and oxygen atoms in total. The van der Waals surface area contributed by atoms with Gasteiger partial charge in [-0.2, -0.15) is 0 Å². The lowest BCUT2D eigenvalue weighted by Gasteiger charge is -2.34. The lowest BCUT2D eigenvalue weighted by molar-refractivity contribution is 1.17. The molecule has 0 radical (unpaired) electrons. The molecule has 6 rings (SSSR count). The molecular formula is C45H45ClSi. The van der Waals surface area contributed by atoms with Crippen LogP contribution in [0, 0.1) is 41.5 Å². The van der Waals surface area contributed by atoms with E-state index in [0.717, 1.165) is 19.3 Å². The molecule has 0 spiro atoms. The first-order valence-electron chi connectivity index (χ1n) is 16.8. The Morgan fingerprint density at radius 1 is 0.362 bits per heavy atom. The Kier molecular flexibility index (Phi) is 9.69. The number of hydrogen-bond donors (Lipinski definition) is 0. The fourth-order valence-electron chi connectivity index (χ4n) is 7.11. The number of benzene rings is 6. The molecule has 0 bridgehead atoms. The highest BCUT2D eigenvalue weighted by Crippen LogP contribution is 2.26. The Morgan fingerprint density at radius 2 is 0.617 bits per heavy atom. The highest BCUT2D eigenvalue weighted by Gasteiger charge is 2.43. The molecule has 0 aromatic heterocycles. The summed E-state index contributed by atoms with van der Waals surface area (Å²) < 4.78 is 0. The molecule has 47 heavy (non-hydrogen) atoms. The molecule has 236 valence electrons. The van der Waals surface area contributed by atoms with Gasteiger partial charge in [0, 0.05) is 0 Å². The van der Waals surface area contributed by atoms with Gasteiger partial charge in [-0.3, -0.25) is 0 Å². The summed E-state index contributed by atoms with van der Waals surface area (Å²) in [5, 5.41) is 3.93.